The average molecular weight is 642 g/mol. The fraction of sp³-hybridized carbons (Fsp3) is 0.362. The summed E-state index contributed by atoms with van der Waals surface area (Å²) in [6.07, 6.45) is 10.6. The fourth-order valence-electron chi connectivity index (χ4n) is 9.85. The molecular weight excluding hydrogens is 589 g/mol. The van der Waals surface area contributed by atoms with Gasteiger partial charge in [0.25, 0.3) is 0 Å². The van der Waals surface area contributed by atoms with Crippen LogP contribution in [0.1, 0.15) is 125 Å². The Morgan fingerprint density at radius 1 is 0.531 bits per heavy atom. The van der Waals surface area contributed by atoms with Crippen molar-refractivity contribution in [2.24, 2.45) is 0 Å². The molecule has 5 aromatic carbocycles. The molecule has 0 saturated carbocycles. The molecule has 1 atom stereocenters. The highest BCUT2D eigenvalue weighted by Gasteiger charge is 2.53. The maximum Gasteiger partial charge on any atom is 0.328 e. The number of para-hydroxylation sites is 1. The van der Waals surface area contributed by atoms with Gasteiger partial charge < -0.3 is 4.81 Å². The molecule has 0 fully saturated rings. The van der Waals surface area contributed by atoms with Gasteiger partial charge in [-0.05, 0) is 112 Å². The number of benzene rings is 5. The molecule has 49 heavy (non-hydrogen) atoms. The lowest BCUT2D eigenvalue weighted by Crippen LogP contribution is -2.63. The van der Waals surface area contributed by atoms with Crippen LogP contribution < -0.4 is 15.7 Å². The predicted octanol–water partition coefficient (Wildman–Crippen LogP) is 10.9. The summed E-state index contributed by atoms with van der Waals surface area (Å²) in [5.74, 6) is 0. The highest BCUT2D eigenvalue weighted by atomic mass is 15.1. The van der Waals surface area contributed by atoms with Gasteiger partial charge in [0.2, 0.25) is 0 Å². The Labute approximate surface area is 295 Å². The van der Waals surface area contributed by atoms with Gasteiger partial charge in [-0.25, -0.2) is 0 Å². The van der Waals surface area contributed by atoms with Gasteiger partial charge in [-0.15, -0.1) is 0 Å². The predicted molar refractivity (Wildman–Crippen MR) is 212 cm³/mol. The molecule has 1 aliphatic carbocycles. The maximum absolute atomic E-state index is 2.88. The van der Waals surface area contributed by atoms with Crippen LogP contribution in [0.5, 0.6) is 0 Å². The lowest BCUT2D eigenvalue weighted by atomic mass is 9.39. The molecule has 1 nitrogen and oxygen atoms in total. The van der Waals surface area contributed by atoms with E-state index >= 15 is 0 Å². The molecular formula is C47H52BN. The van der Waals surface area contributed by atoms with E-state index in [1.807, 2.05) is 0 Å². The van der Waals surface area contributed by atoms with E-state index in [9.17, 15) is 0 Å². The number of hydrogen-bond acceptors (Lipinski definition) is 1. The van der Waals surface area contributed by atoms with Crippen molar-refractivity contribution in [3.63, 3.8) is 0 Å². The van der Waals surface area contributed by atoms with Crippen LogP contribution in [0.4, 0.5) is 11.4 Å². The van der Waals surface area contributed by atoms with Crippen LogP contribution in [0.25, 0.3) is 11.1 Å². The molecule has 3 aliphatic rings. The van der Waals surface area contributed by atoms with Crippen molar-refractivity contribution >= 4 is 29.1 Å². The van der Waals surface area contributed by atoms with E-state index in [4.69, 9.17) is 0 Å². The molecule has 0 bridgehead atoms. The van der Waals surface area contributed by atoms with E-state index < -0.39 is 0 Å². The first-order valence-electron chi connectivity index (χ1n) is 19.3. The number of aryl methyl sites for hydroxylation is 3. The molecule has 0 N–H and O–H groups in total. The number of rotatable bonds is 10. The number of fused-ring (bicyclic) bond motifs is 7. The van der Waals surface area contributed by atoms with Crippen LogP contribution in [-0.4, -0.2) is 6.85 Å². The van der Waals surface area contributed by atoms with Gasteiger partial charge in [-0.1, -0.05) is 151 Å². The molecule has 0 amide bonds. The van der Waals surface area contributed by atoms with E-state index in [2.05, 4.69) is 143 Å². The molecule has 0 radical (unpaired) electrons. The van der Waals surface area contributed by atoms with Gasteiger partial charge >= 0.3 is 6.85 Å². The van der Waals surface area contributed by atoms with Crippen molar-refractivity contribution in [3.8, 4) is 11.1 Å². The monoisotopic (exact) mass is 641 g/mol. The summed E-state index contributed by atoms with van der Waals surface area (Å²) in [6, 6.07) is 38.3. The molecule has 0 spiro atoms. The number of nitrogens with zero attached hydrogens (tertiary/aromatic N) is 1. The Hall–Kier alpha value is -4.04. The molecule has 248 valence electrons. The normalized spacial score (nSPS) is 17.7. The van der Waals surface area contributed by atoms with Crippen LogP contribution in [0, 0.1) is 0 Å². The Bertz CT molecular complexity index is 2050. The largest absolute Gasteiger partial charge is 0.376 e. The van der Waals surface area contributed by atoms with Crippen molar-refractivity contribution in [2.75, 3.05) is 4.81 Å². The molecule has 0 aromatic heterocycles. The Morgan fingerprint density at radius 3 is 1.90 bits per heavy atom. The summed E-state index contributed by atoms with van der Waals surface area (Å²) in [6.45, 7) is 14.6. The van der Waals surface area contributed by atoms with Crippen LogP contribution in [-0.2, 0) is 30.1 Å². The first kappa shape index (κ1) is 32.2. The summed E-state index contributed by atoms with van der Waals surface area (Å²) >= 11 is 0. The second-order valence-electron chi connectivity index (χ2n) is 15.7. The summed E-state index contributed by atoms with van der Waals surface area (Å²) in [5, 5.41) is 0. The molecule has 5 aromatic rings. The maximum atomic E-state index is 2.88. The molecule has 2 aliphatic heterocycles. The van der Waals surface area contributed by atoms with Crippen molar-refractivity contribution in [2.45, 2.75) is 110 Å². The highest BCUT2D eigenvalue weighted by molar-refractivity contribution is 6.90. The zero-order valence-electron chi connectivity index (χ0n) is 30.6. The third-order valence-corrected chi connectivity index (χ3v) is 12.3. The standard InChI is InChI=1S/C47H52BN/c1-7-10-19-32-30-34(21-12-9-3)45-40(31-32)46(4,5)39-27-17-22-33(20-11-8-2)44(39)49(45)48-41-28-16-15-26-38(41)47(6)37-25-14-13-23-35(37)36-24-18-29-42(48)43(36)47/h13-18,22-31H,7-12,19-21H2,1-6H3. The van der Waals surface area contributed by atoms with Gasteiger partial charge in [0.1, 0.15) is 0 Å². The molecule has 8 rings (SSSR count). The van der Waals surface area contributed by atoms with Crippen molar-refractivity contribution in [3.05, 3.63) is 142 Å². The topological polar surface area (TPSA) is 3.24 Å². The third-order valence-electron chi connectivity index (χ3n) is 12.3. The van der Waals surface area contributed by atoms with Gasteiger partial charge in [-0.3, -0.25) is 0 Å². The van der Waals surface area contributed by atoms with E-state index in [0.29, 0.717) is 0 Å². The second kappa shape index (κ2) is 12.4. The lowest BCUT2D eigenvalue weighted by molar-refractivity contribution is 0.626. The number of hydrogen-bond donors (Lipinski definition) is 0. The van der Waals surface area contributed by atoms with Crippen LogP contribution in [0.3, 0.4) is 0 Å². The minimum atomic E-state index is -0.187. The van der Waals surface area contributed by atoms with Gasteiger partial charge in [0, 0.05) is 22.2 Å². The highest BCUT2D eigenvalue weighted by Crippen LogP contribution is 2.56. The first-order valence-corrected chi connectivity index (χ1v) is 19.3. The van der Waals surface area contributed by atoms with Crippen molar-refractivity contribution in [1.82, 2.24) is 0 Å². The Morgan fingerprint density at radius 2 is 1.12 bits per heavy atom. The molecule has 0 saturated heterocycles. The van der Waals surface area contributed by atoms with E-state index in [-0.39, 0.29) is 17.7 Å². The molecule has 2 heteroatoms. The zero-order valence-corrected chi connectivity index (χ0v) is 30.6. The quantitative estimate of drug-likeness (QED) is 0.137. The van der Waals surface area contributed by atoms with Crippen LogP contribution in [0.15, 0.2) is 97.1 Å². The minimum Gasteiger partial charge on any atom is -0.376 e. The van der Waals surface area contributed by atoms with Gasteiger partial charge in [0.15, 0.2) is 0 Å². The average Bonchev–Trinajstić information content (AvgIpc) is 3.40. The van der Waals surface area contributed by atoms with Crippen LogP contribution >= 0.6 is 0 Å². The van der Waals surface area contributed by atoms with E-state index in [1.54, 1.807) is 0 Å². The Kier molecular flexibility index (Phi) is 8.13. The van der Waals surface area contributed by atoms with Crippen LogP contribution in [0.2, 0.25) is 0 Å². The SMILES string of the molecule is CCCCc1cc(CCCC)c2c(c1)C(C)(C)c1cccc(CCCC)c1N2B1c2ccccc2C2(C)c3ccccc3-c3cccc1c32. The third kappa shape index (κ3) is 4.73. The molecule has 1 unspecified atom stereocenters. The van der Waals surface area contributed by atoms with Gasteiger partial charge in [-0.2, -0.15) is 0 Å². The number of anilines is 2. The summed E-state index contributed by atoms with van der Waals surface area (Å²) in [5.41, 5.74) is 20.3. The summed E-state index contributed by atoms with van der Waals surface area (Å²) in [4.78, 5) is 2.88. The first-order chi connectivity index (χ1) is 23.9. The lowest BCUT2D eigenvalue weighted by Gasteiger charge is -2.50. The summed E-state index contributed by atoms with van der Waals surface area (Å²) < 4.78 is 0. The van der Waals surface area contributed by atoms with E-state index in [0.717, 1.165) is 19.3 Å². The van der Waals surface area contributed by atoms with Gasteiger partial charge in [0.05, 0.1) is 0 Å². The smallest absolute Gasteiger partial charge is 0.328 e. The number of unbranched alkanes of at least 4 members (excludes halogenated alkanes) is 3. The Balaban J connectivity index is 1.48. The fourth-order valence-corrected chi connectivity index (χ4v) is 9.85. The van der Waals surface area contributed by atoms with Crippen molar-refractivity contribution in [1.29, 1.82) is 0 Å². The zero-order chi connectivity index (χ0) is 33.9. The van der Waals surface area contributed by atoms with Crippen molar-refractivity contribution < 1.29 is 0 Å². The minimum absolute atomic E-state index is 0.0757. The molecule has 2 heterocycles. The second-order valence-corrected chi connectivity index (χ2v) is 15.7. The summed E-state index contributed by atoms with van der Waals surface area (Å²) in [7, 11) is 0. The van der Waals surface area contributed by atoms with E-state index in [1.165, 1.54) is 116 Å².